The van der Waals surface area contributed by atoms with Crippen molar-refractivity contribution in [2.45, 2.75) is 22.8 Å². The number of sulfonamides is 1. The molecule has 1 aliphatic carbocycles. The highest BCUT2D eigenvalue weighted by Crippen LogP contribution is 2.53. The highest BCUT2D eigenvalue weighted by atomic mass is 32.2. The Balaban J connectivity index is 1.43. The Morgan fingerprint density at radius 3 is 2.08 bits per heavy atom. The molecule has 0 saturated carbocycles. The summed E-state index contributed by atoms with van der Waals surface area (Å²) < 4.78 is 29.0. The highest BCUT2D eigenvalue weighted by Gasteiger charge is 2.63. The second-order valence-corrected chi connectivity index (χ2v) is 12.4. The summed E-state index contributed by atoms with van der Waals surface area (Å²) in [6.07, 6.45) is 1.90. The maximum Gasteiger partial charge on any atom is 0.243 e. The smallest absolute Gasteiger partial charge is 0.243 e. The number of piperidine rings is 1. The molecule has 7 rings (SSSR count). The number of nitrogens with zero attached hydrogens (tertiary/aromatic N) is 2. The van der Waals surface area contributed by atoms with Gasteiger partial charge in [0.25, 0.3) is 0 Å². The molecule has 8 heteroatoms. The van der Waals surface area contributed by atoms with Crippen LogP contribution < -0.4 is 4.90 Å². The predicted molar refractivity (Wildman–Crippen MR) is 139 cm³/mol. The first-order chi connectivity index (χ1) is 17.4. The van der Waals surface area contributed by atoms with Gasteiger partial charge in [0.15, 0.2) is 0 Å². The zero-order valence-electron chi connectivity index (χ0n) is 19.5. The van der Waals surface area contributed by atoms with Crippen LogP contribution in [0.1, 0.15) is 5.56 Å². The molecular formula is C28H24N2O4S2. The zero-order valence-corrected chi connectivity index (χ0v) is 21.2. The quantitative estimate of drug-likeness (QED) is 0.468. The average molecular weight is 517 g/mol. The summed E-state index contributed by atoms with van der Waals surface area (Å²) in [6.45, 7) is 2.07. The van der Waals surface area contributed by atoms with E-state index >= 15 is 0 Å². The van der Waals surface area contributed by atoms with Crippen molar-refractivity contribution in [2.24, 2.45) is 17.8 Å². The summed E-state index contributed by atoms with van der Waals surface area (Å²) in [5, 5.41) is 0. The molecule has 0 spiro atoms. The first-order valence-corrected chi connectivity index (χ1v) is 14.1. The molecule has 3 aliphatic heterocycles. The Hall–Kier alpha value is -3.20. The lowest BCUT2D eigenvalue weighted by Gasteiger charge is -2.48. The number of imide groups is 1. The molecule has 2 saturated heterocycles. The maximum absolute atomic E-state index is 13.8. The number of rotatable bonds is 5. The fourth-order valence-electron chi connectivity index (χ4n) is 5.52. The third-order valence-corrected chi connectivity index (χ3v) is 10.3. The Labute approximate surface area is 214 Å². The Morgan fingerprint density at radius 2 is 1.42 bits per heavy atom. The molecule has 0 radical (unpaired) electrons. The number of hydrogen-bond donors (Lipinski definition) is 0. The van der Waals surface area contributed by atoms with Gasteiger partial charge in [0.05, 0.1) is 28.5 Å². The maximum atomic E-state index is 13.8. The van der Waals surface area contributed by atoms with Crippen LogP contribution in [0, 0.1) is 24.7 Å². The summed E-state index contributed by atoms with van der Waals surface area (Å²) in [5.74, 6) is -2.34. The van der Waals surface area contributed by atoms with Gasteiger partial charge >= 0.3 is 0 Å². The lowest BCUT2D eigenvalue weighted by atomic mass is 9.71. The van der Waals surface area contributed by atoms with E-state index in [1.807, 2.05) is 49.4 Å². The third-order valence-electron chi connectivity index (χ3n) is 7.23. The fourth-order valence-corrected chi connectivity index (χ4v) is 8.28. The minimum atomic E-state index is -3.87. The van der Waals surface area contributed by atoms with Gasteiger partial charge in [-0.15, -0.1) is 0 Å². The van der Waals surface area contributed by atoms with Gasteiger partial charge in [-0.3, -0.25) is 9.59 Å². The zero-order chi connectivity index (χ0) is 25.0. The van der Waals surface area contributed by atoms with Crippen molar-refractivity contribution >= 4 is 39.3 Å². The summed E-state index contributed by atoms with van der Waals surface area (Å²) in [7, 11) is -3.87. The van der Waals surface area contributed by atoms with E-state index in [1.54, 1.807) is 60.3 Å². The second-order valence-electron chi connectivity index (χ2n) is 9.37. The van der Waals surface area contributed by atoms with Crippen LogP contribution >= 0.6 is 11.8 Å². The predicted octanol–water partition coefficient (Wildman–Crippen LogP) is 4.48. The van der Waals surface area contributed by atoms with Crippen LogP contribution in [0.25, 0.3) is 0 Å². The van der Waals surface area contributed by atoms with Crippen molar-refractivity contribution in [3.05, 3.63) is 101 Å². The van der Waals surface area contributed by atoms with Gasteiger partial charge in [-0.2, -0.15) is 4.31 Å². The van der Waals surface area contributed by atoms with E-state index in [-0.39, 0.29) is 23.3 Å². The molecule has 0 unspecified atom stereocenters. The summed E-state index contributed by atoms with van der Waals surface area (Å²) in [5.41, 5.74) is 1.48. The normalized spacial score (nSPS) is 25.7. The van der Waals surface area contributed by atoms with Gasteiger partial charge in [-0.25, -0.2) is 13.3 Å². The van der Waals surface area contributed by atoms with Crippen LogP contribution in [0.3, 0.4) is 0 Å². The summed E-state index contributed by atoms with van der Waals surface area (Å²) in [6, 6.07) is 24.7. The molecule has 4 aliphatic rings. The Morgan fingerprint density at radius 1 is 0.806 bits per heavy atom. The van der Waals surface area contributed by atoms with Crippen LogP contribution in [-0.2, 0) is 19.6 Å². The van der Waals surface area contributed by atoms with Crippen molar-refractivity contribution in [3.63, 3.8) is 0 Å². The van der Waals surface area contributed by atoms with Gasteiger partial charge < -0.3 is 0 Å². The lowest BCUT2D eigenvalue weighted by molar-refractivity contribution is -0.124. The van der Waals surface area contributed by atoms with Crippen LogP contribution in [0.15, 0.2) is 106 Å². The molecule has 36 heavy (non-hydrogen) atoms. The minimum Gasteiger partial charge on any atom is -0.274 e. The van der Waals surface area contributed by atoms with Gasteiger partial charge in [0.2, 0.25) is 21.8 Å². The highest BCUT2D eigenvalue weighted by molar-refractivity contribution is 8.03. The number of anilines is 1. The van der Waals surface area contributed by atoms with E-state index < -0.39 is 33.8 Å². The number of carbonyl (C=O) groups is 2. The first kappa shape index (κ1) is 23.2. The molecule has 4 atom stereocenters. The molecule has 3 aromatic rings. The van der Waals surface area contributed by atoms with Crippen molar-refractivity contribution in [2.75, 3.05) is 11.4 Å². The molecule has 0 N–H and O–H groups in total. The van der Waals surface area contributed by atoms with Gasteiger partial charge in [-0.05, 0) is 48.2 Å². The number of thioether (sulfide) groups is 1. The lowest BCUT2D eigenvalue weighted by Crippen LogP contribution is -2.58. The van der Waals surface area contributed by atoms with Crippen molar-refractivity contribution in [1.29, 1.82) is 0 Å². The molecule has 2 fully saturated rings. The van der Waals surface area contributed by atoms with Crippen LogP contribution in [-0.4, -0.2) is 37.1 Å². The van der Waals surface area contributed by atoms with E-state index in [0.717, 1.165) is 15.4 Å². The number of carbonyl (C=O) groups excluding carboxylic acids is 2. The van der Waals surface area contributed by atoms with E-state index in [2.05, 4.69) is 0 Å². The standard InChI is InChI=1S/C28H24N2O4S2/c1-18-12-14-21(15-13-18)36(33,34)29-17-22-24(35-20-10-6-3-7-11-20)16-23(29)26-25(22)27(31)30(28(26)32)19-8-4-2-5-9-19/h2-16,22-23,25-26H,17H2,1H3/t22-,23+,25+,26-/m0/s1. The molecule has 2 amide bonds. The molecule has 0 aromatic heterocycles. The average Bonchev–Trinajstić information content (AvgIpc) is 3.17. The summed E-state index contributed by atoms with van der Waals surface area (Å²) >= 11 is 1.54. The number of para-hydroxylation sites is 1. The van der Waals surface area contributed by atoms with Crippen molar-refractivity contribution in [3.8, 4) is 0 Å². The third kappa shape index (κ3) is 3.63. The fraction of sp³-hybridized carbons (Fsp3) is 0.214. The first-order valence-electron chi connectivity index (χ1n) is 11.8. The molecule has 3 aromatic carbocycles. The Bertz CT molecular complexity index is 1470. The number of aryl methyl sites for hydroxylation is 1. The molecular weight excluding hydrogens is 492 g/mol. The molecule has 6 nitrogen and oxygen atoms in total. The van der Waals surface area contributed by atoms with E-state index in [4.69, 9.17) is 0 Å². The second kappa shape index (κ2) is 8.73. The largest absolute Gasteiger partial charge is 0.274 e. The van der Waals surface area contributed by atoms with Crippen LogP contribution in [0.2, 0.25) is 0 Å². The van der Waals surface area contributed by atoms with Gasteiger partial charge in [-0.1, -0.05) is 71.9 Å². The van der Waals surface area contributed by atoms with Gasteiger partial charge in [0.1, 0.15) is 0 Å². The SMILES string of the molecule is Cc1ccc(S(=O)(=O)N2C[C@H]3C(Sc4ccccc4)=C[C@@H]2[C@@H]2C(=O)N(c4ccccc4)C(=O)[C@@H]23)cc1. The molecule has 182 valence electrons. The molecule has 2 bridgehead atoms. The number of fused-ring (bicyclic) bond motifs is 1. The molecule has 3 heterocycles. The Kier molecular flexibility index (Phi) is 5.63. The summed E-state index contributed by atoms with van der Waals surface area (Å²) in [4.78, 5) is 30.8. The number of benzene rings is 3. The van der Waals surface area contributed by atoms with Crippen molar-refractivity contribution in [1.82, 2.24) is 4.31 Å². The minimum absolute atomic E-state index is 0.162. The van der Waals surface area contributed by atoms with E-state index in [9.17, 15) is 18.0 Å². The van der Waals surface area contributed by atoms with Crippen molar-refractivity contribution < 1.29 is 18.0 Å². The van der Waals surface area contributed by atoms with Crippen LogP contribution in [0.4, 0.5) is 5.69 Å². The van der Waals surface area contributed by atoms with E-state index in [1.165, 1.54) is 9.21 Å². The number of hydrogen-bond acceptors (Lipinski definition) is 5. The topological polar surface area (TPSA) is 74.8 Å². The van der Waals surface area contributed by atoms with E-state index in [0.29, 0.717) is 5.69 Å². The number of amides is 2. The monoisotopic (exact) mass is 516 g/mol. The van der Waals surface area contributed by atoms with Crippen LogP contribution in [0.5, 0.6) is 0 Å². The van der Waals surface area contributed by atoms with Gasteiger partial charge in [0, 0.05) is 17.4 Å².